The number of piperidine rings is 1. The molecule has 2 aromatic heterocycles. The molecular formula is C30H34Cl2N6O5. The number of rotatable bonds is 8. The van der Waals surface area contributed by atoms with Crippen LogP contribution in [0.5, 0.6) is 11.8 Å². The second-order valence-corrected chi connectivity index (χ2v) is 11.7. The molecular weight excluding hydrogens is 595 g/mol. The number of likely N-dealkylation sites (tertiary alicyclic amines) is 1. The molecule has 3 aromatic rings. The van der Waals surface area contributed by atoms with E-state index in [1.54, 1.807) is 12.1 Å². The Hall–Kier alpha value is -3.67. The fraction of sp³-hybridized carbons (Fsp3) is 0.433. The standard InChI is InChI=1S/C30H34Cl2N6O5/c1-19-22(18-36-7-5-20(6-8-36)13-28(39)42-2)16-25(21-14-23(31)17-24(32)15-21)33-29(19)43-27-4-3-26(34-35-27)37-9-11-38(12-10-37)30(40)41/h3-4,14-17,20H,5-13,18H2,1-2H3,(H,40,41). The van der Waals surface area contributed by atoms with Crippen LogP contribution in [0, 0.1) is 12.8 Å². The molecule has 0 spiro atoms. The van der Waals surface area contributed by atoms with Crippen LogP contribution in [0.2, 0.25) is 10.0 Å². The van der Waals surface area contributed by atoms with E-state index in [1.807, 2.05) is 36.1 Å². The number of carboxylic acid groups (broad SMARTS) is 1. The highest BCUT2D eigenvalue weighted by Gasteiger charge is 2.24. The predicted molar refractivity (Wildman–Crippen MR) is 163 cm³/mol. The Morgan fingerprint density at radius 3 is 2.28 bits per heavy atom. The SMILES string of the molecule is COC(=O)CC1CCN(Cc2cc(-c3cc(Cl)cc(Cl)c3)nc(Oc3ccc(N4CCN(C(=O)O)CC4)nn3)c2C)CC1. The summed E-state index contributed by atoms with van der Waals surface area (Å²) in [5, 5.41) is 18.8. The number of amides is 1. The zero-order valence-electron chi connectivity index (χ0n) is 24.1. The number of methoxy groups -OCH3 is 1. The fourth-order valence-corrected chi connectivity index (χ4v) is 5.95. The Balaban J connectivity index is 1.35. The minimum atomic E-state index is -0.915. The summed E-state index contributed by atoms with van der Waals surface area (Å²) in [5.74, 6) is 1.51. The van der Waals surface area contributed by atoms with E-state index in [1.165, 1.54) is 12.0 Å². The molecule has 0 radical (unpaired) electrons. The monoisotopic (exact) mass is 628 g/mol. The van der Waals surface area contributed by atoms with Gasteiger partial charge in [0.15, 0.2) is 5.82 Å². The molecule has 2 aliphatic heterocycles. The minimum Gasteiger partial charge on any atom is -0.469 e. The van der Waals surface area contributed by atoms with E-state index < -0.39 is 6.09 Å². The molecule has 0 unspecified atom stereocenters. The molecule has 11 nitrogen and oxygen atoms in total. The van der Waals surface area contributed by atoms with Crippen molar-refractivity contribution >= 4 is 41.1 Å². The number of aromatic nitrogens is 3. The smallest absolute Gasteiger partial charge is 0.407 e. The van der Waals surface area contributed by atoms with Crippen LogP contribution in [-0.2, 0) is 16.1 Å². The van der Waals surface area contributed by atoms with Crippen molar-refractivity contribution in [1.82, 2.24) is 25.0 Å². The van der Waals surface area contributed by atoms with Crippen molar-refractivity contribution in [3.05, 3.63) is 57.6 Å². The van der Waals surface area contributed by atoms with E-state index in [0.717, 1.165) is 42.6 Å². The molecule has 0 aliphatic carbocycles. The first-order valence-electron chi connectivity index (χ1n) is 14.2. The van der Waals surface area contributed by atoms with E-state index in [-0.39, 0.29) is 5.97 Å². The largest absolute Gasteiger partial charge is 0.469 e. The van der Waals surface area contributed by atoms with Gasteiger partial charge in [-0.15, -0.1) is 10.2 Å². The molecule has 0 bridgehead atoms. The first-order chi connectivity index (χ1) is 20.7. The van der Waals surface area contributed by atoms with Crippen LogP contribution in [0.25, 0.3) is 11.3 Å². The zero-order chi connectivity index (χ0) is 30.5. The molecule has 43 heavy (non-hydrogen) atoms. The summed E-state index contributed by atoms with van der Waals surface area (Å²) >= 11 is 12.6. The van der Waals surface area contributed by atoms with Gasteiger partial charge in [-0.2, -0.15) is 0 Å². The van der Waals surface area contributed by atoms with Gasteiger partial charge in [0.2, 0.25) is 11.8 Å². The lowest BCUT2D eigenvalue weighted by molar-refractivity contribution is -0.142. The van der Waals surface area contributed by atoms with Crippen LogP contribution in [0.15, 0.2) is 36.4 Å². The number of carbonyl (C=O) groups excluding carboxylic acids is 1. The van der Waals surface area contributed by atoms with E-state index >= 15 is 0 Å². The number of piperazine rings is 1. The third-order valence-electron chi connectivity index (χ3n) is 7.98. The number of ether oxygens (including phenoxy) is 2. The van der Waals surface area contributed by atoms with Crippen molar-refractivity contribution in [2.24, 2.45) is 5.92 Å². The number of nitrogens with zero attached hydrogens (tertiary/aromatic N) is 6. The lowest BCUT2D eigenvalue weighted by Gasteiger charge is -2.33. The van der Waals surface area contributed by atoms with Gasteiger partial charge in [-0.3, -0.25) is 9.69 Å². The van der Waals surface area contributed by atoms with Crippen LogP contribution >= 0.6 is 23.2 Å². The van der Waals surface area contributed by atoms with Crippen molar-refractivity contribution in [2.45, 2.75) is 32.7 Å². The fourth-order valence-electron chi connectivity index (χ4n) is 5.42. The van der Waals surface area contributed by atoms with Gasteiger partial charge in [-0.25, -0.2) is 9.78 Å². The third kappa shape index (κ3) is 7.84. The van der Waals surface area contributed by atoms with Crippen molar-refractivity contribution in [1.29, 1.82) is 0 Å². The van der Waals surface area contributed by atoms with E-state index in [0.29, 0.717) is 78.4 Å². The van der Waals surface area contributed by atoms with Gasteiger partial charge in [-0.05, 0) is 74.7 Å². The molecule has 2 aliphatic rings. The highest BCUT2D eigenvalue weighted by molar-refractivity contribution is 6.35. The third-order valence-corrected chi connectivity index (χ3v) is 8.42. The van der Waals surface area contributed by atoms with Crippen LogP contribution < -0.4 is 9.64 Å². The maximum atomic E-state index is 11.7. The van der Waals surface area contributed by atoms with Crippen LogP contribution in [0.4, 0.5) is 10.6 Å². The predicted octanol–water partition coefficient (Wildman–Crippen LogP) is 5.52. The number of esters is 1. The second-order valence-electron chi connectivity index (χ2n) is 10.8. The van der Waals surface area contributed by atoms with Gasteiger partial charge >= 0.3 is 12.1 Å². The molecule has 0 atom stereocenters. The Bertz CT molecular complexity index is 1440. The quantitative estimate of drug-likeness (QED) is 0.319. The van der Waals surface area contributed by atoms with Crippen molar-refractivity contribution in [2.75, 3.05) is 51.3 Å². The van der Waals surface area contributed by atoms with Crippen molar-refractivity contribution < 1.29 is 24.2 Å². The average molecular weight is 630 g/mol. The molecule has 13 heteroatoms. The second kappa shape index (κ2) is 13.7. The summed E-state index contributed by atoms with van der Waals surface area (Å²) in [4.78, 5) is 33.5. The van der Waals surface area contributed by atoms with Gasteiger partial charge in [0.05, 0.1) is 12.8 Å². The minimum absolute atomic E-state index is 0.160. The summed E-state index contributed by atoms with van der Waals surface area (Å²) < 4.78 is 11.0. The zero-order valence-corrected chi connectivity index (χ0v) is 25.6. The molecule has 2 fully saturated rings. The van der Waals surface area contributed by atoms with Crippen LogP contribution in [0.1, 0.15) is 30.4 Å². The van der Waals surface area contributed by atoms with Crippen LogP contribution in [0.3, 0.4) is 0 Å². The molecule has 228 valence electrons. The topological polar surface area (TPSA) is 121 Å². The number of anilines is 1. The number of pyridine rings is 1. The van der Waals surface area contributed by atoms with Gasteiger partial charge in [0.25, 0.3) is 0 Å². The summed E-state index contributed by atoms with van der Waals surface area (Å²) in [7, 11) is 1.43. The van der Waals surface area contributed by atoms with Crippen LogP contribution in [-0.4, -0.2) is 88.5 Å². The summed E-state index contributed by atoms with van der Waals surface area (Å²) in [6.45, 7) is 6.28. The molecule has 1 N–H and O–H groups in total. The Morgan fingerprint density at radius 2 is 1.67 bits per heavy atom. The Morgan fingerprint density at radius 1 is 0.977 bits per heavy atom. The Labute approximate surface area is 260 Å². The lowest BCUT2D eigenvalue weighted by atomic mass is 9.93. The average Bonchev–Trinajstić information content (AvgIpc) is 3.00. The van der Waals surface area contributed by atoms with Crippen molar-refractivity contribution in [3.8, 4) is 23.0 Å². The summed E-state index contributed by atoms with van der Waals surface area (Å²) in [6, 6.07) is 10.9. The maximum absolute atomic E-state index is 11.7. The number of halogens is 2. The normalized spacial score (nSPS) is 16.3. The van der Waals surface area contributed by atoms with E-state index in [9.17, 15) is 14.7 Å². The molecule has 2 saturated heterocycles. The van der Waals surface area contributed by atoms with E-state index in [2.05, 4.69) is 15.1 Å². The molecule has 5 rings (SSSR count). The molecule has 1 aromatic carbocycles. The van der Waals surface area contributed by atoms with Gasteiger partial charge in [0.1, 0.15) is 0 Å². The highest BCUT2D eigenvalue weighted by Crippen LogP contribution is 2.33. The molecule has 0 saturated carbocycles. The first-order valence-corrected chi connectivity index (χ1v) is 14.9. The van der Waals surface area contributed by atoms with Gasteiger partial charge in [0, 0.05) is 66.4 Å². The van der Waals surface area contributed by atoms with Crippen molar-refractivity contribution in [3.63, 3.8) is 0 Å². The first kappa shape index (κ1) is 30.8. The Kier molecular flexibility index (Phi) is 9.84. The molecule has 1 amide bonds. The summed E-state index contributed by atoms with van der Waals surface area (Å²) in [5.41, 5.74) is 3.36. The maximum Gasteiger partial charge on any atom is 0.407 e. The van der Waals surface area contributed by atoms with E-state index in [4.69, 9.17) is 37.7 Å². The lowest BCUT2D eigenvalue weighted by Crippen LogP contribution is -2.48. The number of hydrogen-bond donors (Lipinski definition) is 1. The van der Waals surface area contributed by atoms with Gasteiger partial charge in [-0.1, -0.05) is 23.2 Å². The number of benzene rings is 1. The number of hydrogen-bond acceptors (Lipinski definition) is 9. The molecule has 4 heterocycles. The highest BCUT2D eigenvalue weighted by atomic mass is 35.5. The summed E-state index contributed by atoms with van der Waals surface area (Å²) in [6.07, 6.45) is 1.38. The number of carbonyl (C=O) groups is 2. The van der Waals surface area contributed by atoms with Gasteiger partial charge < -0.3 is 24.4 Å².